The van der Waals surface area contributed by atoms with Crippen molar-refractivity contribution in [1.82, 2.24) is 10.2 Å². The first-order chi connectivity index (χ1) is 6.88. The molecular weight excluding hydrogens is 315 g/mol. The molecular formula is C11H25IN4. The van der Waals surface area contributed by atoms with Crippen molar-refractivity contribution in [3.63, 3.8) is 0 Å². The van der Waals surface area contributed by atoms with E-state index in [0.29, 0.717) is 12.0 Å². The van der Waals surface area contributed by atoms with E-state index in [2.05, 4.69) is 43.0 Å². The smallest absolute Gasteiger partial charge is 0.189 e. The van der Waals surface area contributed by atoms with E-state index in [1.54, 1.807) is 0 Å². The highest BCUT2D eigenvalue weighted by Gasteiger charge is 2.20. The summed E-state index contributed by atoms with van der Waals surface area (Å²) < 4.78 is 0. The third-order valence-electron chi connectivity index (χ3n) is 2.65. The van der Waals surface area contributed by atoms with Crippen LogP contribution in [0.4, 0.5) is 0 Å². The summed E-state index contributed by atoms with van der Waals surface area (Å²) in [7, 11) is 2.15. The molecule has 0 bridgehead atoms. The molecule has 5 heteroatoms. The number of nitrogens with zero attached hydrogens (tertiary/aromatic N) is 2. The molecule has 1 aliphatic heterocycles. The molecule has 1 rings (SSSR count). The highest BCUT2D eigenvalue weighted by atomic mass is 127. The van der Waals surface area contributed by atoms with Crippen molar-refractivity contribution in [2.24, 2.45) is 10.7 Å². The number of hydrogen-bond acceptors (Lipinski definition) is 2. The molecule has 0 aromatic rings. The van der Waals surface area contributed by atoms with Crippen LogP contribution in [0.2, 0.25) is 0 Å². The van der Waals surface area contributed by atoms with Crippen LogP contribution in [0.25, 0.3) is 0 Å². The summed E-state index contributed by atoms with van der Waals surface area (Å²) in [4.78, 5) is 6.74. The Balaban J connectivity index is 0.00000225. The third kappa shape index (κ3) is 5.89. The minimum Gasteiger partial charge on any atom is -0.370 e. The van der Waals surface area contributed by atoms with Gasteiger partial charge in [-0.05, 0) is 47.2 Å². The minimum atomic E-state index is -0.00480. The van der Waals surface area contributed by atoms with Crippen molar-refractivity contribution in [3.05, 3.63) is 0 Å². The molecule has 1 atom stereocenters. The lowest BCUT2D eigenvalue weighted by Crippen LogP contribution is -2.45. The number of nitrogens with two attached hydrogens (primary N) is 1. The summed E-state index contributed by atoms with van der Waals surface area (Å²) in [6.07, 6.45) is 2.52. The number of hydrogen-bond donors (Lipinski definition) is 2. The zero-order valence-electron chi connectivity index (χ0n) is 10.8. The van der Waals surface area contributed by atoms with E-state index in [9.17, 15) is 0 Å². The van der Waals surface area contributed by atoms with Gasteiger partial charge in [-0.15, -0.1) is 24.0 Å². The number of likely N-dealkylation sites (tertiary alicyclic amines) is 1. The molecule has 96 valence electrons. The highest BCUT2D eigenvalue weighted by Crippen LogP contribution is 2.14. The number of likely N-dealkylation sites (N-methyl/N-ethyl adjacent to an activating group) is 1. The molecule has 0 aromatic heterocycles. The van der Waals surface area contributed by atoms with Crippen molar-refractivity contribution in [2.75, 3.05) is 20.1 Å². The standard InChI is InChI=1S/C11H24N4.HI/c1-11(2,3)14-10(12)13-8-9-6-5-7-15(9)4;/h9H,5-8H2,1-4H3,(H3,12,13,14);1H. The lowest BCUT2D eigenvalue weighted by Gasteiger charge is -2.22. The average molecular weight is 340 g/mol. The molecule has 1 fully saturated rings. The molecule has 1 heterocycles. The fraction of sp³-hybridized carbons (Fsp3) is 0.909. The van der Waals surface area contributed by atoms with E-state index < -0.39 is 0 Å². The van der Waals surface area contributed by atoms with E-state index in [0.717, 1.165) is 6.54 Å². The Morgan fingerprint density at radius 1 is 1.50 bits per heavy atom. The van der Waals surface area contributed by atoms with Gasteiger partial charge in [-0.3, -0.25) is 4.99 Å². The van der Waals surface area contributed by atoms with Crippen LogP contribution in [0, 0.1) is 0 Å². The third-order valence-corrected chi connectivity index (χ3v) is 2.65. The fourth-order valence-corrected chi connectivity index (χ4v) is 1.84. The van der Waals surface area contributed by atoms with Crippen molar-refractivity contribution in [3.8, 4) is 0 Å². The number of rotatable bonds is 2. The molecule has 4 nitrogen and oxygen atoms in total. The van der Waals surface area contributed by atoms with Crippen LogP contribution in [0.3, 0.4) is 0 Å². The first-order valence-corrected chi connectivity index (χ1v) is 5.67. The summed E-state index contributed by atoms with van der Waals surface area (Å²) in [5.41, 5.74) is 5.80. The van der Waals surface area contributed by atoms with Crippen molar-refractivity contribution < 1.29 is 0 Å². The Morgan fingerprint density at radius 3 is 2.56 bits per heavy atom. The van der Waals surface area contributed by atoms with E-state index in [4.69, 9.17) is 5.73 Å². The van der Waals surface area contributed by atoms with Gasteiger partial charge in [0.25, 0.3) is 0 Å². The van der Waals surface area contributed by atoms with Crippen molar-refractivity contribution >= 4 is 29.9 Å². The Labute approximate surface area is 116 Å². The zero-order chi connectivity index (χ0) is 11.5. The molecule has 16 heavy (non-hydrogen) atoms. The molecule has 3 N–H and O–H groups in total. The summed E-state index contributed by atoms with van der Waals surface area (Å²) in [5, 5.41) is 3.17. The minimum absolute atomic E-state index is 0. The number of nitrogens with one attached hydrogen (secondary N) is 1. The Hall–Kier alpha value is -0.0400. The summed E-state index contributed by atoms with van der Waals surface area (Å²) in [6, 6.07) is 0.574. The molecule has 0 spiro atoms. The van der Waals surface area contributed by atoms with Gasteiger partial charge in [0.15, 0.2) is 5.96 Å². The predicted molar refractivity (Wildman–Crippen MR) is 80.4 cm³/mol. The van der Waals surface area contributed by atoms with Gasteiger partial charge in [0, 0.05) is 11.6 Å². The van der Waals surface area contributed by atoms with E-state index in [-0.39, 0.29) is 29.5 Å². The van der Waals surface area contributed by atoms with Crippen LogP contribution in [0.15, 0.2) is 4.99 Å². The number of guanidine groups is 1. The predicted octanol–water partition coefficient (Wildman–Crippen LogP) is 1.40. The molecule has 0 aliphatic carbocycles. The second-order valence-corrected chi connectivity index (χ2v) is 5.38. The monoisotopic (exact) mass is 340 g/mol. The molecule has 0 radical (unpaired) electrons. The first-order valence-electron chi connectivity index (χ1n) is 5.67. The maximum atomic E-state index is 5.80. The summed E-state index contributed by atoms with van der Waals surface area (Å²) >= 11 is 0. The molecule has 1 saturated heterocycles. The number of halogens is 1. The summed E-state index contributed by atoms with van der Waals surface area (Å²) in [5.74, 6) is 0.558. The van der Waals surface area contributed by atoms with Gasteiger partial charge in [0.05, 0.1) is 6.54 Å². The topological polar surface area (TPSA) is 53.6 Å². The second kappa shape index (κ2) is 6.64. The van der Waals surface area contributed by atoms with Crippen LogP contribution in [0.5, 0.6) is 0 Å². The van der Waals surface area contributed by atoms with E-state index in [1.807, 2.05) is 0 Å². The summed E-state index contributed by atoms with van der Waals surface area (Å²) in [6.45, 7) is 8.24. The van der Waals surface area contributed by atoms with Crippen LogP contribution in [-0.2, 0) is 0 Å². The zero-order valence-corrected chi connectivity index (χ0v) is 13.1. The van der Waals surface area contributed by atoms with Crippen LogP contribution in [0.1, 0.15) is 33.6 Å². The van der Waals surface area contributed by atoms with Crippen molar-refractivity contribution in [1.29, 1.82) is 0 Å². The van der Waals surface area contributed by atoms with E-state index >= 15 is 0 Å². The fourth-order valence-electron chi connectivity index (χ4n) is 1.84. The Morgan fingerprint density at radius 2 is 2.12 bits per heavy atom. The van der Waals surface area contributed by atoms with Gasteiger partial charge in [-0.2, -0.15) is 0 Å². The van der Waals surface area contributed by atoms with Crippen LogP contribution in [-0.4, -0.2) is 42.6 Å². The van der Waals surface area contributed by atoms with E-state index in [1.165, 1.54) is 19.4 Å². The molecule has 1 aliphatic rings. The van der Waals surface area contributed by atoms with Crippen LogP contribution < -0.4 is 11.1 Å². The largest absolute Gasteiger partial charge is 0.370 e. The number of aliphatic imine (C=N–C) groups is 1. The SMILES string of the molecule is CN1CCCC1CN=C(N)NC(C)(C)C.I. The molecule has 0 aromatic carbocycles. The average Bonchev–Trinajstić information content (AvgIpc) is 2.44. The van der Waals surface area contributed by atoms with Crippen LogP contribution >= 0.6 is 24.0 Å². The Bertz CT molecular complexity index is 235. The molecule has 0 amide bonds. The van der Waals surface area contributed by atoms with Gasteiger partial charge in [0.2, 0.25) is 0 Å². The van der Waals surface area contributed by atoms with Crippen molar-refractivity contribution in [2.45, 2.75) is 45.2 Å². The Kier molecular flexibility index (Phi) is 6.62. The first kappa shape index (κ1) is 16.0. The maximum Gasteiger partial charge on any atom is 0.189 e. The highest BCUT2D eigenvalue weighted by molar-refractivity contribution is 14.0. The lowest BCUT2D eigenvalue weighted by molar-refractivity contribution is 0.317. The second-order valence-electron chi connectivity index (χ2n) is 5.38. The maximum absolute atomic E-state index is 5.80. The van der Waals surface area contributed by atoms with Gasteiger partial charge in [-0.25, -0.2) is 0 Å². The van der Waals surface area contributed by atoms with Gasteiger partial charge in [0.1, 0.15) is 0 Å². The normalized spacial score (nSPS) is 23.0. The van der Waals surface area contributed by atoms with Gasteiger partial charge >= 0.3 is 0 Å². The molecule has 1 unspecified atom stereocenters. The van der Waals surface area contributed by atoms with Gasteiger partial charge in [-0.1, -0.05) is 0 Å². The van der Waals surface area contributed by atoms with Gasteiger partial charge < -0.3 is 16.0 Å². The molecule has 0 saturated carbocycles. The lowest BCUT2D eigenvalue weighted by atomic mass is 10.1. The quantitative estimate of drug-likeness (QED) is 0.454.